The quantitative estimate of drug-likeness (QED) is 0.529. The lowest BCUT2D eigenvalue weighted by atomic mass is 10.2. The summed E-state index contributed by atoms with van der Waals surface area (Å²) >= 11 is 3.20. The maximum absolute atomic E-state index is 13.1. The Morgan fingerprint density at radius 1 is 1.10 bits per heavy atom. The summed E-state index contributed by atoms with van der Waals surface area (Å²) in [7, 11) is 0. The van der Waals surface area contributed by atoms with Gasteiger partial charge < -0.3 is 14.5 Å². The van der Waals surface area contributed by atoms with Crippen LogP contribution in [0.2, 0.25) is 0 Å². The molecule has 2 saturated heterocycles. The van der Waals surface area contributed by atoms with E-state index in [0.29, 0.717) is 19.0 Å². The van der Waals surface area contributed by atoms with E-state index in [-0.39, 0.29) is 11.9 Å². The minimum absolute atomic E-state index is 0.163. The van der Waals surface area contributed by atoms with Gasteiger partial charge >= 0.3 is 0 Å². The summed E-state index contributed by atoms with van der Waals surface area (Å²) < 4.78 is 7.56. The second-order valence-corrected chi connectivity index (χ2v) is 9.52. The third kappa shape index (κ3) is 4.35. The summed E-state index contributed by atoms with van der Waals surface area (Å²) in [5.74, 6) is 1.33. The third-order valence-corrected chi connectivity index (χ3v) is 7.58. The molecule has 9 heteroatoms. The van der Waals surface area contributed by atoms with Gasteiger partial charge in [-0.25, -0.2) is 0 Å². The number of anilines is 1. The zero-order valence-electron chi connectivity index (χ0n) is 17.2. The van der Waals surface area contributed by atoms with Crippen LogP contribution in [0, 0.1) is 0 Å². The van der Waals surface area contributed by atoms with Gasteiger partial charge in [0.25, 0.3) is 0 Å². The van der Waals surface area contributed by atoms with Crippen molar-refractivity contribution < 1.29 is 9.53 Å². The third-order valence-electron chi connectivity index (χ3n) is 5.69. The molecule has 0 saturated carbocycles. The Kier molecular flexibility index (Phi) is 6.24. The van der Waals surface area contributed by atoms with Gasteiger partial charge in [0.15, 0.2) is 5.16 Å². The van der Waals surface area contributed by atoms with Crippen LogP contribution in [0.5, 0.6) is 0 Å². The average molecular weight is 456 g/mol. The van der Waals surface area contributed by atoms with Crippen LogP contribution < -0.4 is 4.90 Å². The van der Waals surface area contributed by atoms with Crippen molar-refractivity contribution in [2.75, 3.05) is 43.5 Å². The molecule has 4 heterocycles. The van der Waals surface area contributed by atoms with Gasteiger partial charge in [-0.3, -0.25) is 9.36 Å². The second-order valence-electron chi connectivity index (χ2n) is 7.60. The van der Waals surface area contributed by atoms with E-state index in [4.69, 9.17) is 4.74 Å². The Balaban J connectivity index is 1.35. The molecular weight excluding hydrogens is 430 g/mol. The molecule has 0 radical (unpaired) electrons. The van der Waals surface area contributed by atoms with Crippen LogP contribution in [-0.4, -0.2) is 64.2 Å². The number of likely N-dealkylation sites (tertiary alicyclic amines) is 1. The highest BCUT2D eigenvalue weighted by molar-refractivity contribution is 7.99. The Morgan fingerprint density at radius 2 is 1.94 bits per heavy atom. The zero-order chi connectivity index (χ0) is 21.0. The van der Waals surface area contributed by atoms with Crippen LogP contribution in [0.1, 0.15) is 23.8 Å². The first-order valence-corrected chi connectivity index (χ1v) is 12.5. The van der Waals surface area contributed by atoms with Crippen molar-refractivity contribution in [3.8, 4) is 5.69 Å². The van der Waals surface area contributed by atoms with Crippen molar-refractivity contribution >= 4 is 35.0 Å². The SMILES string of the molecule is O=C(CSc1nnc(N2CCOCC2)n1-c1ccccc1)N1CCC[C@H]1c1cccs1. The maximum atomic E-state index is 13.1. The number of morpholine rings is 1. The molecular formula is C22H25N5O2S2. The number of para-hydroxylation sites is 1. The molecule has 0 bridgehead atoms. The first kappa shape index (κ1) is 20.5. The topological polar surface area (TPSA) is 63.5 Å². The molecule has 162 valence electrons. The van der Waals surface area contributed by atoms with Gasteiger partial charge in [0.2, 0.25) is 11.9 Å². The normalized spacial score (nSPS) is 19.2. The smallest absolute Gasteiger partial charge is 0.233 e. The number of carbonyl (C=O) groups excluding carboxylic acids is 1. The standard InChI is InChI=1S/C22H25N5O2S2/c28-20(26-10-4-8-18(26)19-9-5-15-30-19)16-31-22-24-23-21(25-11-13-29-14-12-25)27(22)17-6-2-1-3-7-17/h1-3,5-7,9,15,18H,4,8,10-14,16H2/t18-/m0/s1. The minimum Gasteiger partial charge on any atom is -0.378 e. The molecule has 5 rings (SSSR count). The molecule has 1 aromatic carbocycles. The minimum atomic E-state index is 0.163. The van der Waals surface area contributed by atoms with Crippen molar-refractivity contribution in [2.45, 2.75) is 24.0 Å². The van der Waals surface area contributed by atoms with Crippen molar-refractivity contribution in [3.05, 3.63) is 52.7 Å². The van der Waals surface area contributed by atoms with Gasteiger partial charge in [0.1, 0.15) is 0 Å². The summed E-state index contributed by atoms with van der Waals surface area (Å²) in [6.45, 7) is 3.76. The molecule has 2 aliphatic heterocycles. The maximum Gasteiger partial charge on any atom is 0.233 e. The largest absolute Gasteiger partial charge is 0.378 e. The molecule has 0 unspecified atom stereocenters. The lowest BCUT2D eigenvalue weighted by Crippen LogP contribution is -2.37. The summed E-state index contributed by atoms with van der Waals surface area (Å²) in [6, 6.07) is 14.5. The van der Waals surface area contributed by atoms with E-state index in [2.05, 4.69) is 37.2 Å². The highest BCUT2D eigenvalue weighted by Crippen LogP contribution is 2.35. The average Bonchev–Trinajstić information content (AvgIpc) is 3.59. The molecule has 2 fully saturated rings. The Labute approximate surface area is 190 Å². The molecule has 0 N–H and O–H groups in total. The fourth-order valence-corrected chi connectivity index (χ4v) is 5.88. The summed E-state index contributed by atoms with van der Waals surface area (Å²) in [6.07, 6.45) is 2.10. The molecule has 1 atom stereocenters. The number of rotatable bonds is 6. The van der Waals surface area contributed by atoms with E-state index < -0.39 is 0 Å². The molecule has 0 aliphatic carbocycles. The molecule has 7 nitrogen and oxygen atoms in total. The highest BCUT2D eigenvalue weighted by atomic mass is 32.2. The van der Waals surface area contributed by atoms with E-state index in [0.717, 1.165) is 49.3 Å². The Morgan fingerprint density at radius 3 is 2.71 bits per heavy atom. The first-order valence-electron chi connectivity index (χ1n) is 10.6. The van der Waals surface area contributed by atoms with Gasteiger partial charge in [0, 0.05) is 24.5 Å². The van der Waals surface area contributed by atoms with E-state index in [1.165, 1.54) is 16.6 Å². The van der Waals surface area contributed by atoms with E-state index in [1.807, 2.05) is 35.2 Å². The number of hydrogen-bond donors (Lipinski definition) is 0. The van der Waals surface area contributed by atoms with Gasteiger partial charge in [-0.2, -0.15) is 0 Å². The fourth-order valence-electron chi connectivity index (χ4n) is 4.18. The van der Waals surface area contributed by atoms with Crippen LogP contribution in [0.4, 0.5) is 5.95 Å². The van der Waals surface area contributed by atoms with Crippen molar-refractivity contribution in [2.24, 2.45) is 0 Å². The van der Waals surface area contributed by atoms with Gasteiger partial charge in [-0.05, 0) is 36.4 Å². The van der Waals surface area contributed by atoms with Gasteiger partial charge in [-0.15, -0.1) is 21.5 Å². The van der Waals surface area contributed by atoms with Crippen molar-refractivity contribution in [1.82, 2.24) is 19.7 Å². The van der Waals surface area contributed by atoms with Gasteiger partial charge in [-0.1, -0.05) is 36.0 Å². The van der Waals surface area contributed by atoms with Crippen LogP contribution in [0.3, 0.4) is 0 Å². The van der Waals surface area contributed by atoms with E-state index >= 15 is 0 Å². The number of aromatic nitrogens is 3. The molecule has 31 heavy (non-hydrogen) atoms. The van der Waals surface area contributed by atoms with Crippen LogP contribution >= 0.6 is 23.1 Å². The number of thioether (sulfide) groups is 1. The number of nitrogens with zero attached hydrogens (tertiary/aromatic N) is 5. The number of carbonyl (C=O) groups is 1. The summed E-state index contributed by atoms with van der Waals surface area (Å²) in [5, 5.41) is 11.8. The number of benzene rings is 1. The highest BCUT2D eigenvalue weighted by Gasteiger charge is 2.31. The predicted octanol–water partition coefficient (Wildman–Crippen LogP) is 3.62. The van der Waals surface area contributed by atoms with E-state index in [9.17, 15) is 4.79 Å². The summed E-state index contributed by atoms with van der Waals surface area (Å²) in [4.78, 5) is 18.6. The molecule has 3 aromatic rings. The Hall–Kier alpha value is -2.36. The van der Waals surface area contributed by atoms with Crippen LogP contribution in [0.25, 0.3) is 5.69 Å². The molecule has 2 aromatic heterocycles. The van der Waals surface area contributed by atoms with Crippen molar-refractivity contribution in [1.29, 1.82) is 0 Å². The molecule has 0 spiro atoms. The zero-order valence-corrected chi connectivity index (χ0v) is 18.9. The lowest BCUT2D eigenvalue weighted by Gasteiger charge is -2.28. The number of thiophene rings is 1. The monoisotopic (exact) mass is 455 g/mol. The number of amides is 1. The van der Waals surface area contributed by atoms with E-state index in [1.54, 1.807) is 11.3 Å². The van der Waals surface area contributed by atoms with Gasteiger partial charge in [0.05, 0.1) is 30.7 Å². The lowest BCUT2D eigenvalue weighted by molar-refractivity contribution is -0.129. The van der Waals surface area contributed by atoms with Crippen molar-refractivity contribution in [3.63, 3.8) is 0 Å². The number of ether oxygens (including phenoxy) is 1. The Bertz CT molecular complexity index is 1000. The fraction of sp³-hybridized carbons (Fsp3) is 0.409. The number of hydrogen-bond acceptors (Lipinski definition) is 7. The predicted molar refractivity (Wildman–Crippen MR) is 123 cm³/mol. The van der Waals surface area contributed by atoms with Crippen LogP contribution in [0.15, 0.2) is 53.0 Å². The molecule has 1 amide bonds. The first-order chi connectivity index (χ1) is 15.3. The molecule has 2 aliphatic rings. The summed E-state index contributed by atoms with van der Waals surface area (Å²) in [5.41, 5.74) is 1.00. The van der Waals surface area contributed by atoms with Crippen LogP contribution in [-0.2, 0) is 9.53 Å². The second kappa shape index (κ2) is 9.42.